The van der Waals surface area contributed by atoms with Crippen molar-refractivity contribution in [2.45, 2.75) is 13.8 Å². The molecule has 0 saturated heterocycles. The van der Waals surface area contributed by atoms with E-state index in [2.05, 4.69) is 13.2 Å². The van der Waals surface area contributed by atoms with Crippen LogP contribution in [0.3, 0.4) is 0 Å². The molecule has 0 N–H and O–H groups in total. The molecule has 0 spiro atoms. The molecule has 0 amide bonds. The van der Waals surface area contributed by atoms with E-state index in [0.717, 1.165) is 34.7 Å². The molecule has 0 unspecified atom stereocenters. The summed E-state index contributed by atoms with van der Waals surface area (Å²) in [5.74, 6) is 0. The SMILES string of the molecule is C=C(C)C1=C2C(=O)SC(C(=C)C)=C2C(=O)S1. The molecule has 2 nitrogen and oxygen atoms in total. The van der Waals surface area contributed by atoms with Crippen LogP contribution in [0.5, 0.6) is 0 Å². The van der Waals surface area contributed by atoms with Crippen molar-refractivity contribution in [2.75, 3.05) is 0 Å². The van der Waals surface area contributed by atoms with Crippen molar-refractivity contribution < 1.29 is 9.59 Å². The Morgan fingerprint density at radius 2 is 1.19 bits per heavy atom. The van der Waals surface area contributed by atoms with Crippen LogP contribution in [0.2, 0.25) is 0 Å². The molecule has 0 fully saturated rings. The van der Waals surface area contributed by atoms with Gasteiger partial charge in [-0.05, 0) is 48.5 Å². The van der Waals surface area contributed by atoms with Crippen molar-refractivity contribution in [3.63, 3.8) is 0 Å². The van der Waals surface area contributed by atoms with E-state index in [1.54, 1.807) is 0 Å². The zero-order valence-corrected chi connectivity index (χ0v) is 10.7. The number of carbonyl (C=O) groups excluding carboxylic acids is 2. The van der Waals surface area contributed by atoms with Crippen LogP contribution >= 0.6 is 23.5 Å². The molecule has 82 valence electrons. The Hall–Kier alpha value is -1.000. The Morgan fingerprint density at radius 1 is 0.875 bits per heavy atom. The van der Waals surface area contributed by atoms with Gasteiger partial charge in [-0.15, -0.1) is 0 Å². The van der Waals surface area contributed by atoms with Crippen molar-refractivity contribution in [1.82, 2.24) is 0 Å². The van der Waals surface area contributed by atoms with Gasteiger partial charge in [0.1, 0.15) is 0 Å². The Kier molecular flexibility index (Phi) is 2.72. The van der Waals surface area contributed by atoms with Crippen LogP contribution in [0, 0.1) is 0 Å². The van der Waals surface area contributed by atoms with Crippen LogP contribution in [-0.4, -0.2) is 10.2 Å². The summed E-state index contributed by atoms with van der Waals surface area (Å²) >= 11 is 2.20. The van der Waals surface area contributed by atoms with Crippen molar-refractivity contribution in [3.8, 4) is 0 Å². The summed E-state index contributed by atoms with van der Waals surface area (Å²) in [6, 6.07) is 0. The maximum absolute atomic E-state index is 11.8. The van der Waals surface area contributed by atoms with Crippen LogP contribution in [0.1, 0.15) is 13.8 Å². The average Bonchev–Trinajstić information content (AvgIpc) is 2.67. The lowest BCUT2D eigenvalue weighted by molar-refractivity contribution is -0.109. The number of hydrogen-bond acceptors (Lipinski definition) is 4. The van der Waals surface area contributed by atoms with Crippen LogP contribution < -0.4 is 0 Å². The minimum Gasteiger partial charge on any atom is -0.281 e. The molecule has 0 aromatic rings. The topological polar surface area (TPSA) is 34.1 Å². The number of rotatable bonds is 2. The van der Waals surface area contributed by atoms with E-state index in [1.165, 1.54) is 0 Å². The van der Waals surface area contributed by atoms with Crippen molar-refractivity contribution in [1.29, 1.82) is 0 Å². The zero-order chi connectivity index (χ0) is 12.0. The Morgan fingerprint density at radius 3 is 1.44 bits per heavy atom. The average molecular weight is 250 g/mol. The normalized spacial score (nSPS) is 19.6. The Bertz CT molecular complexity index is 473. The van der Waals surface area contributed by atoms with E-state index in [9.17, 15) is 9.59 Å². The molecule has 0 bridgehead atoms. The molecular formula is C12H10O2S2. The molecule has 0 aliphatic carbocycles. The van der Waals surface area contributed by atoms with Gasteiger partial charge in [0.25, 0.3) is 0 Å². The molecule has 0 radical (unpaired) electrons. The van der Waals surface area contributed by atoms with Gasteiger partial charge in [-0.3, -0.25) is 9.59 Å². The summed E-state index contributed by atoms with van der Waals surface area (Å²) in [5, 5.41) is -0.131. The monoisotopic (exact) mass is 250 g/mol. The maximum Gasteiger partial charge on any atom is 0.226 e. The summed E-state index contributed by atoms with van der Waals surface area (Å²) in [6.45, 7) is 11.2. The summed E-state index contributed by atoms with van der Waals surface area (Å²) in [5.41, 5.74) is 2.59. The molecule has 0 atom stereocenters. The van der Waals surface area contributed by atoms with E-state index in [0.29, 0.717) is 21.0 Å². The van der Waals surface area contributed by atoms with Crippen molar-refractivity contribution in [3.05, 3.63) is 45.3 Å². The maximum atomic E-state index is 11.8. The molecule has 0 saturated carbocycles. The second-order valence-electron chi connectivity index (χ2n) is 3.75. The molecule has 4 heteroatoms. The number of thioether (sulfide) groups is 2. The van der Waals surface area contributed by atoms with Gasteiger partial charge in [-0.2, -0.15) is 0 Å². The summed E-state index contributed by atoms with van der Waals surface area (Å²) in [7, 11) is 0. The molecule has 2 aliphatic rings. The van der Waals surface area contributed by atoms with Crippen LogP contribution in [-0.2, 0) is 9.59 Å². The standard InChI is InChI=1S/C12H10O2S2/c1-5(2)9-7-8(12(14)15-9)10(6(3)4)16-11(7)13/h1,3H2,2,4H3. The van der Waals surface area contributed by atoms with Crippen molar-refractivity contribution in [2.24, 2.45) is 0 Å². The summed E-state index contributed by atoms with van der Waals surface area (Å²) in [6.07, 6.45) is 0. The number of carbonyl (C=O) groups is 2. The highest BCUT2D eigenvalue weighted by Crippen LogP contribution is 2.51. The third-order valence-corrected chi connectivity index (χ3v) is 4.57. The zero-order valence-electron chi connectivity index (χ0n) is 9.05. The van der Waals surface area contributed by atoms with E-state index in [4.69, 9.17) is 0 Å². The fourth-order valence-corrected chi connectivity index (χ4v) is 3.66. The largest absolute Gasteiger partial charge is 0.281 e. The molecule has 0 aromatic heterocycles. The smallest absolute Gasteiger partial charge is 0.226 e. The third-order valence-electron chi connectivity index (χ3n) is 2.28. The molecule has 2 rings (SSSR count). The van der Waals surface area contributed by atoms with E-state index < -0.39 is 0 Å². The van der Waals surface area contributed by atoms with Gasteiger partial charge in [0.15, 0.2) is 0 Å². The summed E-state index contributed by atoms with van der Waals surface area (Å²) < 4.78 is 0. The molecule has 0 aromatic carbocycles. The van der Waals surface area contributed by atoms with Crippen LogP contribution in [0.15, 0.2) is 45.3 Å². The van der Waals surface area contributed by atoms with Gasteiger partial charge < -0.3 is 0 Å². The fraction of sp³-hybridized carbons (Fsp3) is 0.167. The van der Waals surface area contributed by atoms with Gasteiger partial charge in [-0.25, -0.2) is 0 Å². The highest BCUT2D eigenvalue weighted by Gasteiger charge is 2.41. The van der Waals surface area contributed by atoms with Gasteiger partial charge in [0.2, 0.25) is 10.2 Å². The predicted octanol–water partition coefficient (Wildman–Crippen LogP) is 3.19. The van der Waals surface area contributed by atoms with Crippen LogP contribution in [0.4, 0.5) is 0 Å². The fourth-order valence-electron chi connectivity index (χ4n) is 1.61. The van der Waals surface area contributed by atoms with Gasteiger partial charge >= 0.3 is 0 Å². The van der Waals surface area contributed by atoms with Crippen LogP contribution in [0.25, 0.3) is 0 Å². The lowest BCUT2D eigenvalue weighted by atomic mass is 10.0. The summed E-state index contributed by atoms with van der Waals surface area (Å²) in [4.78, 5) is 25.1. The lowest BCUT2D eigenvalue weighted by Crippen LogP contribution is -1.95. The van der Waals surface area contributed by atoms with E-state index in [1.807, 2.05) is 13.8 Å². The lowest BCUT2D eigenvalue weighted by Gasteiger charge is -2.00. The molecule has 2 heterocycles. The second-order valence-corrected chi connectivity index (χ2v) is 5.71. The first-order chi connectivity index (χ1) is 7.43. The first kappa shape index (κ1) is 11.5. The first-order valence-electron chi connectivity index (χ1n) is 4.68. The molecule has 16 heavy (non-hydrogen) atoms. The third kappa shape index (κ3) is 1.53. The highest BCUT2D eigenvalue weighted by atomic mass is 32.2. The predicted molar refractivity (Wildman–Crippen MR) is 68.9 cm³/mol. The van der Waals surface area contributed by atoms with Crippen molar-refractivity contribution >= 4 is 33.8 Å². The minimum absolute atomic E-state index is 0.0654. The highest BCUT2D eigenvalue weighted by molar-refractivity contribution is 8.21. The van der Waals surface area contributed by atoms with E-state index >= 15 is 0 Å². The number of hydrogen-bond donors (Lipinski definition) is 0. The number of fused-ring (bicyclic) bond motifs is 1. The van der Waals surface area contributed by atoms with E-state index in [-0.39, 0.29) is 10.2 Å². The minimum atomic E-state index is -0.0654. The Balaban J connectivity index is 2.68. The molecular weight excluding hydrogens is 240 g/mol. The quantitative estimate of drug-likeness (QED) is 0.753. The number of allylic oxidation sites excluding steroid dienone is 2. The first-order valence-corrected chi connectivity index (χ1v) is 6.31. The molecule has 2 aliphatic heterocycles. The second kappa shape index (κ2) is 3.79. The Labute approximate surface area is 103 Å². The van der Waals surface area contributed by atoms with Gasteiger partial charge in [0.05, 0.1) is 11.1 Å². The van der Waals surface area contributed by atoms with Gasteiger partial charge in [-0.1, -0.05) is 13.2 Å². The van der Waals surface area contributed by atoms with Gasteiger partial charge in [0, 0.05) is 9.81 Å².